The Balaban J connectivity index is 2.50. The Hall–Kier alpha value is -1.08. The van der Waals surface area contributed by atoms with Crippen LogP contribution in [0.15, 0.2) is 36.4 Å². The van der Waals surface area contributed by atoms with E-state index in [1.807, 2.05) is 0 Å². The minimum atomic E-state index is 0.397. The maximum absolute atomic E-state index is 3.99. The largest absolute Gasteiger partial charge is 0.306 e. The standard InChI is InChI=1S/C14H21N/c1-5-11(2)10-15-13(4)14-8-6-12(3)7-9-14/h6-9,13,15H,2,5,10H2,1,3-4H3/t13-/m1/s1. The van der Waals surface area contributed by atoms with Crippen LogP contribution in [0.3, 0.4) is 0 Å². The van der Waals surface area contributed by atoms with Crippen molar-refractivity contribution in [2.24, 2.45) is 0 Å². The van der Waals surface area contributed by atoms with Gasteiger partial charge in [-0.25, -0.2) is 0 Å². The second kappa shape index (κ2) is 5.72. The molecule has 1 aromatic rings. The van der Waals surface area contributed by atoms with E-state index in [0.717, 1.165) is 13.0 Å². The summed E-state index contributed by atoms with van der Waals surface area (Å²) in [7, 11) is 0. The van der Waals surface area contributed by atoms with Crippen molar-refractivity contribution in [2.45, 2.75) is 33.2 Å². The van der Waals surface area contributed by atoms with Crippen molar-refractivity contribution in [2.75, 3.05) is 6.54 Å². The molecule has 1 aromatic carbocycles. The zero-order chi connectivity index (χ0) is 11.3. The number of hydrogen-bond donors (Lipinski definition) is 1. The molecule has 0 amide bonds. The minimum absolute atomic E-state index is 0.397. The van der Waals surface area contributed by atoms with Gasteiger partial charge in [-0.1, -0.05) is 48.9 Å². The summed E-state index contributed by atoms with van der Waals surface area (Å²) in [5.41, 5.74) is 3.90. The van der Waals surface area contributed by atoms with Gasteiger partial charge in [0.2, 0.25) is 0 Å². The van der Waals surface area contributed by atoms with Crippen LogP contribution in [0.4, 0.5) is 0 Å². The Bertz CT molecular complexity index is 311. The van der Waals surface area contributed by atoms with Gasteiger partial charge in [0.15, 0.2) is 0 Å². The Morgan fingerprint density at radius 1 is 1.33 bits per heavy atom. The number of nitrogens with one attached hydrogen (secondary N) is 1. The van der Waals surface area contributed by atoms with Crippen molar-refractivity contribution >= 4 is 0 Å². The van der Waals surface area contributed by atoms with E-state index < -0.39 is 0 Å². The average molecular weight is 203 g/mol. The fourth-order valence-electron chi connectivity index (χ4n) is 1.40. The highest BCUT2D eigenvalue weighted by Gasteiger charge is 2.03. The summed E-state index contributed by atoms with van der Waals surface area (Å²) < 4.78 is 0. The van der Waals surface area contributed by atoms with Gasteiger partial charge < -0.3 is 5.32 Å². The minimum Gasteiger partial charge on any atom is -0.306 e. The maximum Gasteiger partial charge on any atom is 0.0294 e. The van der Waals surface area contributed by atoms with E-state index in [2.05, 4.69) is 56.9 Å². The molecular formula is C14H21N. The Morgan fingerprint density at radius 3 is 2.47 bits per heavy atom. The van der Waals surface area contributed by atoms with Crippen LogP contribution in [-0.2, 0) is 0 Å². The molecule has 1 atom stereocenters. The molecule has 0 heterocycles. The molecule has 1 nitrogen and oxygen atoms in total. The molecular weight excluding hydrogens is 182 g/mol. The molecule has 1 N–H and O–H groups in total. The summed E-state index contributed by atoms with van der Waals surface area (Å²) in [6.45, 7) is 11.3. The third-order valence-electron chi connectivity index (χ3n) is 2.74. The molecule has 0 aliphatic carbocycles. The second-order valence-corrected chi connectivity index (χ2v) is 4.12. The highest BCUT2D eigenvalue weighted by Crippen LogP contribution is 2.13. The predicted molar refractivity (Wildman–Crippen MR) is 67.0 cm³/mol. The first-order valence-corrected chi connectivity index (χ1v) is 5.60. The Labute approximate surface area is 93.2 Å². The van der Waals surface area contributed by atoms with Gasteiger partial charge in [-0.05, 0) is 25.8 Å². The third kappa shape index (κ3) is 3.88. The lowest BCUT2D eigenvalue weighted by Crippen LogP contribution is -2.20. The van der Waals surface area contributed by atoms with E-state index in [1.165, 1.54) is 16.7 Å². The van der Waals surface area contributed by atoms with Gasteiger partial charge in [0, 0.05) is 12.6 Å². The van der Waals surface area contributed by atoms with Crippen molar-refractivity contribution < 1.29 is 0 Å². The summed E-state index contributed by atoms with van der Waals surface area (Å²) in [4.78, 5) is 0. The molecule has 0 saturated carbocycles. The highest BCUT2D eigenvalue weighted by atomic mass is 14.9. The predicted octanol–water partition coefficient (Wildman–Crippen LogP) is 3.61. The van der Waals surface area contributed by atoms with Crippen LogP contribution in [0.5, 0.6) is 0 Å². The molecule has 0 saturated heterocycles. The van der Waals surface area contributed by atoms with Crippen LogP contribution in [0, 0.1) is 6.92 Å². The fraction of sp³-hybridized carbons (Fsp3) is 0.429. The first kappa shape index (κ1) is 12.0. The number of hydrogen-bond acceptors (Lipinski definition) is 1. The SMILES string of the molecule is C=C(CC)CN[C@H](C)c1ccc(C)cc1. The van der Waals surface area contributed by atoms with Crippen molar-refractivity contribution in [1.82, 2.24) is 5.32 Å². The van der Waals surface area contributed by atoms with Crippen molar-refractivity contribution in [3.8, 4) is 0 Å². The maximum atomic E-state index is 3.99. The van der Waals surface area contributed by atoms with Crippen LogP contribution in [-0.4, -0.2) is 6.54 Å². The molecule has 0 fully saturated rings. The molecule has 0 bridgehead atoms. The molecule has 0 unspecified atom stereocenters. The molecule has 0 spiro atoms. The van der Waals surface area contributed by atoms with Gasteiger partial charge in [-0.3, -0.25) is 0 Å². The number of benzene rings is 1. The van der Waals surface area contributed by atoms with Crippen LogP contribution in [0.1, 0.15) is 37.4 Å². The van der Waals surface area contributed by atoms with E-state index >= 15 is 0 Å². The van der Waals surface area contributed by atoms with Crippen LogP contribution in [0.25, 0.3) is 0 Å². The van der Waals surface area contributed by atoms with Gasteiger partial charge in [0.25, 0.3) is 0 Å². The Morgan fingerprint density at radius 2 is 1.93 bits per heavy atom. The highest BCUT2D eigenvalue weighted by molar-refractivity contribution is 5.23. The zero-order valence-corrected chi connectivity index (χ0v) is 10.0. The number of rotatable bonds is 5. The summed E-state index contributed by atoms with van der Waals surface area (Å²) in [6, 6.07) is 9.07. The van der Waals surface area contributed by atoms with E-state index in [0.29, 0.717) is 6.04 Å². The quantitative estimate of drug-likeness (QED) is 0.721. The van der Waals surface area contributed by atoms with E-state index in [1.54, 1.807) is 0 Å². The van der Waals surface area contributed by atoms with Crippen LogP contribution >= 0.6 is 0 Å². The number of aryl methyl sites for hydroxylation is 1. The lowest BCUT2D eigenvalue weighted by molar-refractivity contribution is 0.602. The van der Waals surface area contributed by atoms with Crippen LogP contribution < -0.4 is 5.32 Å². The van der Waals surface area contributed by atoms with E-state index in [4.69, 9.17) is 0 Å². The fourth-order valence-corrected chi connectivity index (χ4v) is 1.40. The molecule has 0 radical (unpaired) electrons. The molecule has 0 aliphatic heterocycles. The lowest BCUT2D eigenvalue weighted by atomic mass is 10.1. The summed E-state index contributed by atoms with van der Waals surface area (Å²) in [5, 5.41) is 3.47. The summed E-state index contributed by atoms with van der Waals surface area (Å²) in [6.07, 6.45) is 1.05. The van der Waals surface area contributed by atoms with E-state index in [9.17, 15) is 0 Å². The Kier molecular flexibility index (Phi) is 4.57. The molecule has 0 aromatic heterocycles. The molecule has 0 aliphatic rings. The smallest absolute Gasteiger partial charge is 0.0294 e. The average Bonchev–Trinajstić information content (AvgIpc) is 2.26. The normalized spacial score (nSPS) is 12.5. The van der Waals surface area contributed by atoms with Crippen molar-refractivity contribution in [3.05, 3.63) is 47.5 Å². The molecule has 15 heavy (non-hydrogen) atoms. The lowest BCUT2D eigenvalue weighted by Gasteiger charge is -2.15. The van der Waals surface area contributed by atoms with Crippen LogP contribution in [0.2, 0.25) is 0 Å². The summed E-state index contributed by atoms with van der Waals surface area (Å²) in [5.74, 6) is 0. The van der Waals surface area contributed by atoms with Gasteiger partial charge in [0.05, 0.1) is 0 Å². The first-order valence-electron chi connectivity index (χ1n) is 5.60. The van der Waals surface area contributed by atoms with Gasteiger partial charge in [-0.2, -0.15) is 0 Å². The third-order valence-corrected chi connectivity index (χ3v) is 2.74. The molecule has 82 valence electrons. The first-order chi connectivity index (χ1) is 7.13. The molecule has 1 rings (SSSR count). The monoisotopic (exact) mass is 203 g/mol. The van der Waals surface area contributed by atoms with Crippen molar-refractivity contribution in [1.29, 1.82) is 0 Å². The van der Waals surface area contributed by atoms with Crippen molar-refractivity contribution in [3.63, 3.8) is 0 Å². The molecule has 1 heteroatoms. The summed E-state index contributed by atoms with van der Waals surface area (Å²) >= 11 is 0. The van der Waals surface area contributed by atoms with Gasteiger partial charge in [0.1, 0.15) is 0 Å². The second-order valence-electron chi connectivity index (χ2n) is 4.12. The topological polar surface area (TPSA) is 12.0 Å². The van der Waals surface area contributed by atoms with Gasteiger partial charge in [-0.15, -0.1) is 0 Å². The zero-order valence-electron chi connectivity index (χ0n) is 10.0. The van der Waals surface area contributed by atoms with Gasteiger partial charge >= 0.3 is 0 Å². The van der Waals surface area contributed by atoms with E-state index in [-0.39, 0.29) is 0 Å².